The number of carbonyl (C=O) groups excluding carboxylic acids is 2. The lowest BCUT2D eigenvalue weighted by Gasteiger charge is -2.29. The third-order valence-corrected chi connectivity index (χ3v) is 2.11. The molecule has 78 valence electrons. The monoisotopic (exact) mass is 196 g/mol. The van der Waals surface area contributed by atoms with Crippen molar-refractivity contribution >= 4 is 11.8 Å². The molecule has 0 saturated carbocycles. The molecular formula is C10H16N2O2. The van der Waals surface area contributed by atoms with Crippen molar-refractivity contribution < 1.29 is 9.59 Å². The minimum atomic E-state index is -0.387. The zero-order valence-corrected chi connectivity index (χ0v) is 8.83. The molecule has 1 N–H and O–H groups in total. The van der Waals surface area contributed by atoms with Gasteiger partial charge in [0.15, 0.2) is 0 Å². The molecule has 0 aromatic carbocycles. The second-order valence-corrected chi connectivity index (χ2v) is 3.79. The molecule has 4 heteroatoms. The van der Waals surface area contributed by atoms with Crippen LogP contribution in [0, 0.1) is 0 Å². The summed E-state index contributed by atoms with van der Waals surface area (Å²) >= 11 is 0. The lowest BCUT2D eigenvalue weighted by molar-refractivity contribution is -0.143. The van der Waals surface area contributed by atoms with Crippen molar-refractivity contribution in [1.29, 1.82) is 0 Å². The fraction of sp³-hybridized carbons (Fsp3) is 0.600. The number of piperazine rings is 1. The summed E-state index contributed by atoms with van der Waals surface area (Å²) in [6, 6.07) is -0.387. The maximum atomic E-state index is 11.6. The van der Waals surface area contributed by atoms with Crippen LogP contribution in [0.2, 0.25) is 0 Å². The van der Waals surface area contributed by atoms with Crippen LogP contribution in [0.1, 0.15) is 20.8 Å². The van der Waals surface area contributed by atoms with Crippen LogP contribution in [0.15, 0.2) is 11.6 Å². The first-order valence-electron chi connectivity index (χ1n) is 4.72. The Hall–Kier alpha value is -1.32. The Balaban J connectivity index is 2.62. The quantitative estimate of drug-likeness (QED) is 0.646. The Bertz CT molecular complexity index is 280. The van der Waals surface area contributed by atoms with E-state index in [1.807, 2.05) is 19.9 Å². The van der Waals surface area contributed by atoms with Crippen LogP contribution in [-0.2, 0) is 9.59 Å². The first-order valence-corrected chi connectivity index (χ1v) is 4.72. The molecule has 0 aliphatic carbocycles. The van der Waals surface area contributed by atoms with Gasteiger partial charge in [0, 0.05) is 6.54 Å². The number of allylic oxidation sites excluding steroid dienone is 1. The summed E-state index contributed by atoms with van der Waals surface area (Å²) in [5, 5.41) is 2.60. The van der Waals surface area contributed by atoms with E-state index in [1.54, 1.807) is 11.8 Å². The van der Waals surface area contributed by atoms with Gasteiger partial charge in [-0.2, -0.15) is 0 Å². The van der Waals surface area contributed by atoms with Crippen LogP contribution in [0.4, 0.5) is 0 Å². The Morgan fingerprint density at radius 3 is 2.79 bits per heavy atom. The maximum absolute atomic E-state index is 11.6. The highest BCUT2D eigenvalue weighted by atomic mass is 16.2. The van der Waals surface area contributed by atoms with E-state index < -0.39 is 0 Å². The van der Waals surface area contributed by atoms with E-state index in [0.717, 1.165) is 5.57 Å². The summed E-state index contributed by atoms with van der Waals surface area (Å²) in [6.07, 6.45) is 1.95. The zero-order valence-electron chi connectivity index (χ0n) is 8.83. The summed E-state index contributed by atoms with van der Waals surface area (Å²) in [4.78, 5) is 24.3. The van der Waals surface area contributed by atoms with Gasteiger partial charge in [-0.25, -0.2) is 0 Å². The van der Waals surface area contributed by atoms with Gasteiger partial charge in [-0.05, 0) is 20.8 Å². The van der Waals surface area contributed by atoms with Crippen LogP contribution in [0.3, 0.4) is 0 Å². The first-order chi connectivity index (χ1) is 6.50. The van der Waals surface area contributed by atoms with E-state index in [0.29, 0.717) is 6.54 Å². The second kappa shape index (κ2) is 4.26. The fourth-order valence-electron chi connectivity index (χ4n) is 1.32. The highest BCUT2D eigenvalue weighted by Crippen LogP contribution is 2.02. The number of hydrogen-bond donors (Lipinski definition) is 1. The molecule has 1 atom stereocenters. The standard InChI is InChI=1S/C10H16N2O2/c1-7(2)4-5-12-6-9(13)11-8(3)10(12)14/h4,8H,5-6H2,1-3H3,(H,11,13). The van der Waals surface area contributed by atoms with E-state index in [4.69, 9.17) is 0 Å². The van der Waals surface area contributed by atoms with Crippen molar-refractivity contribution in [3.8, 4) is 0 Å². The lowest BCUT2D eigenvalue weighted by Crippen LogP contribution is -2.56. The Kier molecular flexibility index (Phi) is 3.28. The molecule has 14 heavy (non-hydrogen) atoms. The van der Waals surface area contributed by atoms with Crippen molar-refractivity contribution in [2.75, 3.05) is 13.1 Å². The summed E-state index contributed by atoms with van der Waals surface area (Å²) in [5.41, 5.74) is 1.15. The van der Waals surface area contributed by atoms with Crippen molar-refractivity contribution in [2.24, 2.45) is 0 Å². The van der Waals surface area contributed by atoms with Crippen LogP contribution in [-0.4, -0.2) is 35.8 Å². The molecule has 1 unspecified atom stereocenters. The highest BCUT2D eigenvalue weighted by molar-refractivity contribution is 5.94. The highest BCUT2D eigenvalue weighted by Gasteiger charge is 2.28. The minimum Gasteiger partial charge on any atom is -0.343 e. The van der Waals surface area contributed by atoms with Crippen LogP contribution >= 0.6 is 0 Å². The largest absolute Gasteiger partial charge is 0.343 e. The number of amides is 2. The third-order valence-electron chi connectivity index (χ3n) is 2.11. The molecular weight excluding hydrogens is 180 g/mol. The summed E-state index contributed by atoms with van der Waals surface area (Å²) in [7, 11) is 0. The van der Waals surface area contributed by atoms with E-state index in [-0.39, 0.29) is 24.4 Å². The second-order valence-electron chi connectivity index (χ2n) is 3.79. The molecule has 1 saturated heterocycles. The SMILES string of the molecule is CC(C)=CCN1CC(=O)NC(C)C1=O. The molecule has 1 fully saturated rings. The van der Waals surface area contributed by atoms with Crippen LogP contribution in [0.5, 0.6) is 0 Å². The number of nitrogens with zero attached hydrogens (tertiary/aromatic N) is 1. The smallest absolute Gasteiger partial charge is 0.245 e. The van der Waals surface area contributed by atoms with Gasteiger partial charge < -0.3 is 10.2 Å². The number of nitrogens with one attached hydrogen (secondary N) is 1. The van der Waals surface area contributed by atoms with Crippen LogP contribution in [0.25, 0.3) is 0 Å². The Labute approximate surface area is 84.0 Å². The molecule has 1 aliphatic rings. The zero-order chi connectivity index (χ0) is 10.7. The normalized spacial score (nSPS) is 21.9. The van der Waals surface area contributed by atoms with E-state index >= 15 is 0 Å². The fourth-order valence-corrected chi connectivity index (χ4v) is 1.32. The summed E-state index contributed by atoms with van der Waals surface area (Å²) in [6.45, 7) is 6.34. The number of rotatable bonds is 2. The molecule has 1 heterocycles. The summed E-state index contributed by atoms with van der Waals surface area (Å²) < 4.78 is 0. The molecule has 0 radical (unpaired) electrons. The van der Waals surface area contributed by atoms with Gasteiger partial charge in [0.1, 0.15) is 6.04 Å². The Morgan fingerprint density at radius 1 is 1.57 bits per heavy atom. The topological polar surface area (TPSA) is 49.4 Å². The van der Waals surface area contributed by atoms with E-state index in [9.17, 15) is 9.59 Å². The predicted octanol–water partition coefficient (Wildman–Crippen LogP) is 0.299. The average molecular weight is 196 g/mol. The first kappa shape index (κ1) is 10.8. The van der Waals surface area contributed by atoms with Gasteiger partial charge in [-0.3, -0.25) is 9.59 Å². The Morgan fingerprint density at radius 2 is 2.21 bits per heavy atom. The third kappa shape index (κ3) is 2.58. The number of hydrogen-bond acceptors (Lipinski definition) is 2. The predicted molar refractivity (Wildman–Crippen MR) is 53.6 cm³/mol. The molecule has 0 aromatic heterocycles. The van der Waals surface area contributed by atoms with Crippen molar-refractivity contribution in [1.82, 2.24) is 10.2 Å². The van der Waals surface area contributed by atoms with Gasteiger partial charge in [0.2, 0.25) is 11.8 Å². The number of carbonyl (C=O) groups is 2. The molecule has 4 nitrogen and oxygen atoms in total. The van der Waals surface area contributed by atoms with Crippen LogP contribution < -0.4 is 5.32 Å². The van der Waals surface area contributed by atoms with Gasteiger partial charge >= 0.3 is 0 Å². The van der Waals surface area contributed by atoms with Gasteiger partial charge in [-0.15, -0.1) is 0 Å². The van der Waals surface area contributed by atoms with Crippen molar-refractivity contribution in [3.63, 3.8) is 0 Å². The van der Waals surface area contributed by atoms with Crippen molar-refractivity contribution in [3.05, 3.63) is 11.6 Å². The molecule has 0 bridgehead atoms. The van der Waals surface area contributed by atoms with Crippen molar-refractivity contribution in [2.45, 2.75) is 26.8 Å². The minimum absolute atomic E-state index is 0.0119. The molecule has 0 aromatic rings. The van der Waals surface area contributed by atoms with Gasteiger partial charge in [0.05, 0.1) is 6.54 Å². The summed E-state index contributed by atoms with van der Waals surface area (Å²) in [5.74, 6) is -0.0960. The lowest BCUT2D eigenvalue weighted by atomic mass is 10.2. The molecule has 0 spiro atoms. The van der Waals surface area contributed by atoms with Gasteiger partial charge in [-0.1, -0.05) is 11.6 Å². The maximum Gasteiger partial charge on any atom is 0.245 e. The average Bonchev–Trinajstić information content (AvgIpc) is 2.08. The molecule has 1 aliphatic heterocycles. The molecule has 2 amide bonds. The van der Waals surface area contributed by atoms with Gasteiger partial charge in [0.25, 0.3) is 0 Å². The van der Waals surface area contributed by atoms with E-state index in [1.165, 1.54) is 0 Å². The molecule has 1 rings (SSSR count). The van der Waals surface area contributed by atoms with E-state index in [2.05, 4.69) is 5.32 Å².